The molecule has 0 aliphatic heterocycles. The van der Waals surface area contributed by atoms with Gasteiger partial charge in [-0.2, -0.15) is 4.98 Å². The molecular weight excluding hydrogens is 284 g/mol. The maximum Gasteiger partial charge on any atom is 0.230 e. The third-order valence-corrected chi connectivity index (χ3v) is 3.77. The zero-order valence-corrected chi connectivity index (χ0v) is 12.2. The number of rotatable bonds is 4. The summed E-state index contributed by atoms with van der Waals surface area (Å²) in [5, 5.41) is 12.3. The van der Waals surface area contributed by atoms with E-state index in [9.17, 15) is 0 Å². The van der Waals surface area contributed by atoms with Crippen molar-refractivity contribution in [2.75, 3.05) is 17.3 Å². The van der Waals surface area contributed by atoms with Gasteiger partial charge in [-0.15, -0.1) is 11.8 Å². The van der Waals surface area contributed by atoms with Crippen molar-refractivity contribution in [1.29, 1.82) is 5.41 Å². The third-order valence-electron chi connectivity index (χ3n) is 3.07. The summed E-state index contributed by atoms with van der Waals surface area (Å²) in [6.45, 7) is 0. The molecule has 7 heteroatoms. The zero-order chi connectivity index (χ0) is 14.8. The number of hydrogen-bond donors (Lipinski definition) is 4. The van der Waals surface area contributed by atoms with Crippen LogP contribution in [0, 0.1) is 5.41 Å². The van der Waals surface area contributed by atoms with Crippen LogP contribution in [-0.2, 0) is 0 Å². The topological polar surface area (TPSA) is 103 Å². The van der Waals surface area contributed by atoms with Gasteiger partial charge in [0.2, 0.25) is 5.95 Å². The second-order valence-corrected chi connectivity index (χ2v) is 5.20. The molecule has 1 aromatic carbocycles. The molecule has 0 saturated heterocycles. The SMILES string of the molecule is CSc1nc(Nc2ccc(C=N)c(N)c2)nc2[nH]ccc12. The summed E-state index contributed by atoms with van der Waals surface area (Å²) in [6.07, 6.45) is 5.06. The van der Waals surface area contributed by atoms with Gasteiger partial charge in [-0.1, -0.05) is 0 Å². The molecule has 2 heterocycles. The molecule has 0 saturated carbocycles. The van der Waals surface area contributed by atoms with E-state index in [2.05, 4.69) is 20.3 Å². The fraction of sp³-hybridized carbons (Fsp3) is 0.0714. The average Bonchev–Trinajstić information content (AvgIpc) is 2.95. The first-order valence-electron chi connectivity index (χ1n) is 6.27. The van der Waals surface area contributed by atoms with Gasteiger partial charge in [-0.3, -0.25) is 0 Å². The first-order valence-corrected chi connectivity index (χ1v) is 7.50. The number of nitrogens with two attached hydrogens (primary N) is 1. The molecule has 2 aromatic heterocycles. The number of benzene rings is 1. The summed E-state index contributed by atoms with van der Waals surface area (Å²) in [6, 6.07) is 7.36. The van der Waals surface area contributed by atoms with Gasteiger partial charge >= 0.3 is 0 Å². The van der Waals surface area contributed by atoms with Crippen LogP contribution >= 0.6 is 11.8 Å². The normalized spacial score (nSPS) is 10.7. The first kappa shape index (κ1) is 13.4. The van der Waals surface area contributed by atoms with E-state index in [-0.39, 0.29) is 0 Å². The minimum Gasteiger partial charge on any atom is -0.398 e. The smallest absolute Gasteiger partial charge is 0.230 e. The summed E-state index contributed by atoms with van der Waals surface area (Å²) < 4.78 is 0. The molecule has 5 N–H and O–H groups in total. The molecule has 6 nitrogen and oxygen atoms in total. The van der Waals surface area contributed by atoms with E-state index in [1.807, 2.05) is 24.6 Å². The number of anilines is 3. The Morgan fingerprint density at radius 1 is 1.33 bits per heavy atom. The van der Waals surface area contributed by atoms with Crippen molar-refractivity contribution in [1.82, 2.24) is 15.0 Å². The highest BCUT2D eigenvalue weighted by Gasteiger charge is 2.08. The number of hydrogen-bond acceptors (Lipinski definition) is 6. The lowest BCUT2D eigenvalue weighted by atomic mass is 10.2. The molecule has 21 heavy (non-hydrogen) atoms. The number of fused-ring (bicyclic) bond motifs is 1. The van der Waals surface area contributed by atoms with E-state index in [0.717, 1.165) is 21.7 Å². The van der Waals surface area contributed by atoms with Crippen LogP contribution in [-0.4, -0.2) is 27.4 Å². The molecule has 0 bridgehead atoms. The second-order valence-electron chi connectivity index (χ2n) is 4.41. The number of nitrogen functional groups attached to an aromatic ring is 1. The van der Waals surface area contributed by atoms with Crippen LogP contribution < -0.4 is 11.1 Å². The van der Waals surface area contributed by atoms with E-state index in [1.165, 1.54) is 6.21 Å². The summed E-state index contributed by atoms with van der Waals surface area (Å²) >= 11 is 1.57. The molecule has 3 aromatic rings. The largest absolute Gasteiger partial charge is 0.398 e. The number of nitrogens with one attached hydrogen (secondary N) is 3. The Morgan fingerprint density at radius 2 is 2.19 bits per heavy atom. The van der Waals surface area contributed by atoms with Crippen molar-refractivity contribution in [3.63, 3.8) is 0 Å². The highest BCUT2D eigenvalue weighted by Crippen LogP contribution is 2.26. The van der Waals surface area contributed by atoms with Crippen molar-refractivity contribution in [2.24, 2.45) is 0 Å². The summed E-state index contributed by atoms with van der Waals surface area (Å²) in [5.74, 6) is 0.510. The monoisotopic (exact) mass is 298 g/mol. The molecule has 0 radical (unpaired) electrons. The lowest BCUT2D eigenvalue weighted by Gasteiger charge is -2.08. The minimum absolute atomic E-state index is 0.510. The van der Waals surface area contributed by atoms with E-state index >= 15 is 0 Å². The molecule has 0 aliphatic rings. The van der Waals surface area contributed by atoms with Crippen molar-refractivity contribution in [3.8, 4) is 0 Å². The highest BCUT2D eigenvalue weighted by atomic mass is 32.2. The van der Waals surface area contributed by atoms with Gasteiger partial charge in [0.25, 0.3) is 0 Å². The Hall–Kier alpha value is -2.54. The second kappa shape index (κ2) is 5.45. The number of thioether (sulfide) groups is 1. The van der Waals surface area contributed by atoms with Crippen molar-refractivity contribution < 1.29 is 0 Å². The van der Waals surface area contributed by atoms with Crippen LogP contribution in [0.15, 0.2) is 35.5 Å². The van der Waals surface area contributed by atoms with Crippen LogP contribution in [0.3, 0.4) is 0 Å². The fourth-order valence-electron chi connectivity index (χ4n) is 2.04. The Labute approximate surface area is 125 Å². The minimum atomic E-state index is 0.510. The lowest BCUT2D eigenvalue weighted by molar-refractivity contribution is 1.10. The maximum absolute atomic E-state index is 7.24. The quantitative estimate of drug-likeness (QED) is 0.256. The van der Waals surface area contributed by atoms with Crippen molar-refractivity contribution in [2.45, 2.75) is 5.03 Å². The number of aromatic nitrogens is 3. The molecule has 106 valence electrons. The average molecular weight is 298 g/mol. The van der Waals surface area contributed by atoms with Gasteiger partial charge in [0, 0.05) is 29.3 Å². The van der Waals surface area contributed by atoms with Crippen molar-refractivity contribution >= 4 is 46.3 Å². The number of aromatic amines is 1. The Bertz CT molecular complexity index is 810. The van der Waals surface area contributed by atoms with E-state index in [4.69, 9.17) is 11.1 Å². The lowest BCUT2D eigenvalue weighted by Crippen LogP contribution is -2.00. The van der Waals surface area contributed by atoms with E-state index < -0.39 is 0 Å². The van der Waals surface area contributed by atoms with E-state index in [1.54, 1.807) is 23.9 Å². The summed E-state index contributed by atoms with van der Waals surface area (Å²) in [5.41, 5.74) is 8.68. The van der Waals surface area contributed by atoms with Gasteiger partial charge < -0.3 is 21.4 Å². The molecule has 0 aliphatic carbocycles. The van der Waals surface area contributed by atoms with Crippen LogP contribution in [0.4, 0.5) is 17.3 Å². The number of nitrogens with zero attached hydrogens (tertiary/aromatic N) is 2. The Morgan fingerprint density at radius 3 is 2.90 bits per heavy atom. The standard InChI is InChI=1S/C14H14N6S/c1-21-13-10-4-5-17-12(10)19-14(20-13)18-9-3-2-8(7-15)11(16)6-9/h2-7,15H,16H2,1H3,(H2,17,18,19,20). The van der Waals surface area contributed by atoms with Crippen LogP contribution in [0.25, 0.3) is 11.0 Å². The van der Waals surface area contributed by atoms with Gasteiger partial charge in [0.05, 0.1) is 5.39 Å². The predicted octanol–water partition coefficient (Wildman–Crippen LogP) is 3.00. The molecule has 0 spiro atoms. The fourth-order valence-corrected chi connectivity index (χ4v) is 2.60. The molecule has 0 atom stereocenters. The highest BCUT2D eigenvalue weighted by molar-refractivity contribution is 7.98. The van der Waals surface area contributed by atoms with Gasteiger partial charge in [-0.25, -0.2) is 4.98 Å². The summed E-state index contributed by atoms with van der Waals surface area (Å²) in [7, 11) is 0. The Balaban J connectivity index is 1.97. The van der Waals surface area contributed by atoms with E-state index in [0.29, 0.717) is 17.2 Å². The first-order chi connectivity index (χ1) is 10.2. The third kappa shape index (κ3) is 2.55. The zero-order valence-electron chi connectivity index (χ0n) is 11.3. The molecule has 0 fully saturated rings. The maximum atomic E-state index is 7.24. The number of H-pyrrole nitrogens is 1. The van der Waals surface area contributed by atoms with Crippen molar-refractivity contribution in [3.05, 3.63) is 36.0 Å². The van der Waals surface area contributed by atoms with Gasteiger partial charge in [0.15, 0.2) is 0 Å². The Kier molecular flexibility index (Phi) is 3.49. The molecule has 0 unspecified atom stereocenters. The molecule has 3 rings (SSSR count). The van der Waals surface area contributed by atoms with Gasteiger partial charge in [0.1, 0.15) is 10.7 Å². The van der Waals surface area contributed by atoms with Gasteiger partial charge in [-0.05, 0) is 30.5 Å². The molecule has 0 amide bonds. The predicted molar refractivity (Wildman–Crippen MR) is 87.7 cm³/mol. The molecular formula is C14H14N6S. The summed E-state index contributed by atoms with van der Waals surface area (Å²) in [4.78, 5) is 12.0. The van der Waals surface area contributed by atoms with Crippen LogP contribution in [0.5, 0.6) is 0 Å². The van der Waals surface area contributed by atoms with Crippen LogP contribution in [0.1, 0.15) is 5.56 Å². The van der Waals surface area contributed by atoms with Crippen LogP contribution in [0.2, 0.25) is 0 Å².